The third kappa shape index (κ3) is 2.50. The number of carbonyl (C=O) groups excluding carboxylic acids is 1. The normalized spacial score (nSPS) is 10.8. The standard InChI is InChI=1S/C13H9N3OS2/c1-8-15-16-13(18-8)19-12-10(7-17)6-9-4-2-3-5-11(9)14-12/h2-7H,1H3. The summed E-state index contributed by atoms with van der Waals surface area (Å²) in [6, 6.07) is 9.59. The molecule has 1 aromatic carbocycles. The summed E-state index contributed by atoms with van der Waals surface area (Å²) in [6.07, 6.45) is 0.829. The van der Waals surface area contributed by atoms with Gasteiger partial charge in [-0.05, 0) is 30.8 Å². The van der Waals surface area contributed by atoms with Crippen molar-refractivity contribution < 1.29 is 4.79 Å². The molecule has 0 saturated heterocycles. The highest BCUT2D eigenvalue weighted by Crippen LogP contribution is 2.31. The van der Waals surface area contributed by atoms with E-state index < -0.39 is 0 Å². The Morgan fingerprint density at radius 3 is 2.84 bits per heavy atom. The van der Waals surface area contributed by atoms with Crippen molar-refractivity contribution >= 4 is 40.3 Å². The van der Waals surface area contributed by atoms with Gasteiger partial charge in [0.2, 0.25) is 0 Å². The van der Waals surface area contributed by atoms with Crippen LogP contribution in [-0.4, -0.2) is 21.5 Å². The van der Waals surface area contributed by atoms with E-state index in [0.29, 0.717) is 10.6 Å². The molecule has 0 N–H and O–H groups in total. The first kappa shape index (κ1) is 12.3. The molecule has 94 valence electrons. The average Bonchev–Trinajstić information content (AvgIpc) is 2.83. The molecule has 4 nitrogen and oxygen atoms in total. The van der Waals surface area contributed by atoms with Crippen molar-refractivity contribution in [2.24, 2.45) is 0 Å². The summed E-state index contributed by atoms with van der Waals surface area (Å²) in [5.41, 5.74) is 1.45. The fourth-order valence-corrected chi connectivity index (χ4v) is 3.48. The van der Waals surface area contributed by atoms with Crippen molar-refractivity contribution in [3.8, 4) is 0 Å². The Bertz CT molecular complexity index is 754. The molecule has 3 rings (SSSR count). The van der Waals surface area contributed by atoms with Crippen molar-refractivity contribution in [2.75, 3.05) is 0 Å². The Kier molecular flexibility index (Phi) is 3.27. The minimum atomic E-state index is 0.580. The molecule has 2 heterocycles. The van der Waals surface area contributed by atoms with Crippen LogP contribution in [0.1, 0.15) is 15.4 Å². The van der Waals surface area contributed by atoms with E-state index in [9.17, 15) is 4.79 Å². The quantitative estimate of drug-likeness (QED) is 0.691. The minimum absolute atomic E-state index is 0.580. The van der Waals surface area contributed by atoms with Gasteiger partial charge in [-0.25, -0.2) is 4.98 Å². The lowest BCUT2D eigenvalue weighted by atomic mass is 10.2. The topological polar surface area (TPSA) is 55.7 Å². The van der Waals surface area contributed by atoms with Crippen LogP contribution in [0.15, 0.2) is 39.7 Å². The Hall–Kier alpha value is -1.79. The maximum atomic E-state index is 11.2. The first-order chi connectivity index (χ1) is 9.26. The number of para-hydroxylation sites is 1. The van der Waals surface area contributed by atoms with Crippen LogP contribution in [0.4, 0.5) is 0 Å². The van der Waals surface area contributed by atoms with E-state index in [0.717, 1.165) is 26.5 Å². The van der Waals surface area contributed by atoms with Crippen LogP contribution in [0.2, 0.25) is 0 Å². The highest BCUT2D eigenvalue weighted by Gasteiger charge is 2.10. The van der Waals surface area contributed by atoms with Gasteiger partial charge in [-0.2, -0.15) is 0 Å². The molecule has 0 aliphatic rings. The number of carbonyl (C=O) groups is 1. The summed E-state index contributed by atoms with van der Waals surface area (Å²) < 4.78 is 0.795. The second kappa shape index (κ2) is 5.07. The van der Waals surface area contributed by atoms with Gasteiger partial charge < -0.3 is 0 Å². The third-order valence-corrected chi connectivity index (χ3v) is 4.45. The largest absolute Gasteiger partial charge is 0.298 e. The van der Waals surface area contributed by atoms with Crippen molar-refractivity contribution in [2.45, 2.75) is 16.3 Å². The van der Waals surface area contributed by atoms with Gasteiger partial charge in [0.25, 0.3) is 0 Å². The first-order valence-electron chi connectivity index (χ1n) is 5.59. The fraction of sp³-hybridized carbons (Fsp3) is 0.0769. The number of benzene rings is 1. The summed E-state index contributed by atoms with van der Waals surface area (Å²) in [5, 5.41) is 10.5. The van der Waals surface area contributed by atoms with Gasteiger partial charge in [0.15, 0.2) is 10.6 Å². The van der Waals surface area contributed by atoms with Crippen molar-refractivity contribution in [3.05, 3.63) is 40.9 Å². The van der Waals surface area contributed by atoms with Gasteiger partial charge in [0.1, 0.15) is 10.0 Å². The monoisotopic (exact) mass is 287 g/mol. The number of hydrogen-bond donors (Lipinski definition) is 0. The van der Waals surface area contributed by atoms with E-state index in [1.54, 1.807) is 0 Å². The molecule has 0 radical (unpaired) electrons. The highest BCUT2D eigenvalue weighted by molar-refractivity contribution is 8.01. The number of aldehydes is 1. The molecule has 0 bridgehead atoms. The third-order valence-electron chi connectivity index (χ3n) is 2.54. The second-order valence-corrected chi connectivity index (χ2v) is 6.30. The SMILES string of the molecule is Cc1nnc(Sc2nc3ccccc3cc2C=O)s1. The van der Waals surface area contributed by atoms with Crippen LogP contribution >= 0.6 is 23.1 Å². The maximum Gasteiger partial charge on any atom is 0.180 e. The molecule has 0 aliphatic heterocycles. The van der Waals surface area contributed by atoms with E-state index in [4.69, 9.17) is 0 Å². The average molecular weight is 287 g/mol. The van der Waals surface area contributed by atoms with Crippen LogP contribution < -0.4 is 0 Å². The summed E-state index contributed by atoms with van der Waals surface area (Å²) in [7, 11) is 0. The van der Waals surface area contributed by atoms with Gasteiger partial charge in [-0.15, -0.1) is 10.2 Å². The van der Waals surface area contributed by atoms with Crippen molar-refractivity contribution in [1.82, 2.24) is 15.2 Å². The number of aryl methyl sites for hydroxylation is 1. The zero-order valence-electron chi connectivity index (χ0n) is 10.0. The van der Waals surface area contributed by atoms with Gasteiger partial charge >= 0.3 is 0 Å². The second-order valence-electron chi connectivity index (χ2n) is 3.88. The molecule has 0 atom stereocenters. The lowest BCUT2D eigenvalue weighted by Gasteiger charge is -2.03. The van der Waals surface area contributed by atoms with Crippen molar-refractivity contribution in [3.63, 3.8) is 0 Å². The smallest absolute Gasteiger partial charge is 0.180 e. The minimum Gasteiger partial charge on any atom is -0.298 e. The van der Waals surface area contributed by atoms with Crippen LogP contribution in [0.25, 0.3) is 10.9 Å². The van der Waals surface area contributed by atoms with Gasteiger partial charge in [-0.3, -0.25) is 4.79 Å². The molecule has 2 aromatic heterocycles. The number of rotatable bonds is 3. The molecule has 0 unspecified atom stereocenters. The molecule has 3 aromatic rings. The zero-order chi connectivity index (χ0) is 13.2. The molecule has 6 heteroatoms. The van der Waals surface area contributed by atoms with E-state index in [1.807, 2.05) is 37.3 Å². The van der Waals surface area contributed by atoms with Crippen LogP contribution in [0, 0.1) is 6.92 Å². The molecule has 0 amide bonds. The first-order valence-corrected chi connectivity index (χ1v) is 7.22. The Balaban J connectivity index is 2.08. The van der Waals surface area contributed by atoms with E-state index in [1.165, 1.54) is 23.1 Å². The number of fused-ring (bicyclic) bond motifs is 1. The number of hydrogen-bond acceptors (Lipinski definition) is 6. The summed E-state index contributed by atoms with van der Waals surface area (Å²) >= 11 is 2.87. The van der Waals surface area contributed by atoms with Gasteiger partial charge in [-0.1, -0.05) is 29.5 Å². The Labute approximate surface area is 117 Å². The van der Waals surface area contributed by atoms with Crippen LogP contribution in [-0.2, 0) is 0 Å². The van der Waals surface area contributed by atoms with Crippen molar-refractivity contribution in [1.29, 1.82) is 0 Å². The zero-order valence-corrected chi connectivity index (χ0v) is 11.7. The fourth-order valence-electron chi connectivity index (χ4n) is 1.68. The van der Waals surface area contributed by atoms with Crippen LogP contribution in [0.5, 0.6) is 0 Å². The Morgan fingerprint density at radius 2 is 2.11 bits per heavy atom. The van der Waals surface area contributed by atoms with E-state index >= 15 is 0 Å². The predicted molar refractivity (Wildman–Crippen MR) is 75.9 cm³/mol. The summed E-state index contributed by atoms with van der Waals surface area (Å²) in [5.74, 6) is 0. The lowest BCUT2D eigenvalue weighted by molar-refractivity contribution is 0.112. The summed E-state index contributed by atoms with van der Waals surface area (Å²) in [4.78, 5) is 15.7. The number of aromatic nitrogens is 3. The molecular weight excluding hydrogens is 278 g/mol. The molecule has 0 aliphatic carbocycles. The van der Waals surface area contributed by atoms with E-state index in [-0.39, 0.29) is 0 Å². The number of nitrogens with zero attached hydrogens (tertiary/aromatic N) is 3. The molecule has 0 spiro atoms. The molecule has 0 fully saturated rings. The molecule has 19 heavy (non-hydrogen) atoms. The van der Waals surface area contributed by atoms with E-state index in [2.05, 4.69) is 15.2 Å². The van der Waals surface area contributed by atoms with Gasteiger partial charge in [0, 0.05) is 10.9 Å². The molecular formula is C13H9N3OS2. The highest BCUT2D eigenvalue weighted by atomic mass is 32.2. The summed E-state index contributed by atoms with van der Waals surface area (Å²) in [6.45, 7) is 1.90. The Morgan fingerprint density at radius 1 is 1.26 bits per heavy atom. The van der Waals surface area contributed by atoms with Gasteiger partial charge in [0.05, 0.1) is 5.52 Å². The molecule has 0 saturated carbocycles. The predicted octanol–water partition coefficient (Wildman–Crippen LogP) is 3.36. The van der Waals surface area contributed by atoms with Crippen LogP contribution in [0.3, 0.4) is 0 Å². The lowest BCUT2D eigenvalue weighted by Crippen LogP contribution is -1.91. The number of pyridine rings is 1. The maximum absolute atomic E-state index is 11.2.